The number of hydrogen-bond donors (Lipinski definition) is 0. The second-order valence-corrected chi connectivity index (χ2v) is 19.4. The summed E-state index contributed by atoms with van der Waals surface area (Å²) >= 11 is 0. The van der Waals surface area contributed by atoms with Gasteiger partial charge >= 0.3 is 0 Å². The second kappa shape index (κ2) is 12.9. The van der Waals surface area contributed by atoms with Crippen molar-refractivity contribution >= 4 is 72.4 Å². The van der Waals surface area contributed by atoms with Crippen LogP contribution in [0.3, 0.4) is 0 Å². The number of nitrogens with zero attached hydrogens (tertiary/aromatic N) is 2. The van der Waals surface area contributed by atoms with Gasteiger partial charge in [-0.25, -0.2) is 0 Å². The van der Waals surface area contributed by atoms with Crippen molar-refractivity contribution in [1.29, 1.82) is 0 Å². The predicted octanol–water partition coefficient (Wildman–Crippen LogP) is 10.8. The second-order valence-electron chi connectivity index (χ2n) is 15.6. The summed E-state index contributed by atoms with van der Waals surface area (Å²) in [6, 6.07) is 81.9. The average molecular weight is 755 g/mol. The SMILES string of the molecule is c1ccc([Si](c2ccccc2)(c2ccccc2)c2cc3c(c(-n4c5ccccc5c5ccccc54)c2)Cc2ccc(-n4c5ccccc5c5ccccc54)cc2-3)cc1. The normalized spacial score (nSPS) is 12.4. The molecule has 0 atom stereocenters. The van der Waals surface area contributed by atoms with Crippen LogP contribution in [0.25, 0.3) is 66.1 Å². The molecular weight excluding hydrogens is 717 g/mol. The summed E-state index contributed by atoms with van der Waals surface area (Å²) in [6.07, 6.45) is 0.866. The monoisotopic (exact) mass is 754 g/mol. The molecule has 0 spiro atoms. The third-order valence-corrected chi connectivity index (χ3v) is 17.4. The molecule has 0 amide bonds. The molecule has 12 rings (SSSR count). The molecule has 0 fully saturated rings. The van der Waals surface area contributed by atoms with E-state index >= 15 is 0 Å². The quantitative estimate of drug-likeness (QED) is 0.118. The van der Waals surface area contributed by atoms with E-state index in [2.05, 4.69) is 228 Å². The molecule has 2 nitrogen and oxygen atoms in total. The number of fused-ring (bicyclic) bond motifs is 9. The third-order valence-electron chi connectivity index (χ3n) is 12.7. The van der Waals surface area contributed by atoms with Crippen molar-refractivity contribution in [3.05, 3.63) is 230 Å². The van der Waals surface area contributed by atoms with E-state index in [1.165, 1.54) is 98.0 Å². The van der Waals surface area contributed by atoms with Crippen molar-refractivity contribution in [2.75, 3.05) is 0 Å². The van der Waals surface area contributed by atoms with Crippen molar-refractivity contribution in [2.24, 2.45) is 0 Å². The first-order chi connectivity index (χ1) is 28.8. The van der Waals surface area contributed by atoms with E-state index < -0.39 is 8.07 Å². The summed E-state index contributed by atoms with van der Waals surface area (Å²) in [5.74, 6) is 0. The van der Waals surface area contributed by atoms with Gasteiger partial charge in [0, 0.05) is 33.7 Å². The fourth-order valence-corrected chi connectivity index (χ4v) is 15.0. The average Bonchev–Trinajstić information content (AvgIpc) is 3.95. The first-order valence-electron chi connectivity index (χ1n) is 20.2. The first-order valence-corrected chi connectivity index (χ1v) is 22.2. The summed E-state index contributed by atoms with van der Waals surface area (Å²) < 4.78 is 5.02. The molecule has 1 aliphatic rings. The van der Waals surface area contributed by atoms with Gasteiger partial charge in [0.2, 0.25) is 0 Å². The van der Waals surface area contributed by atoms with Gasteiger partial charge in [0.15, 0.2) is 8.07 Å². The van der Waals surface area contributed by atoms with Crippen LogP contribution in [0.2, 0.25) is 0 Å². The van der Waals surface area contributed by atoms with Crippen LogP contribution in [0.15, 0.2) is 218 Å². The summed E-state index contributed by atoms with van der Waals surface area (Å²) in [6.45, 7) is 0. The summed E-state index contributed by atoms with van der Waals surface area (Å²) in [5, 5.41) is 10.6. The number of hydrogen-bond acceptors (Lipinski definition) is 0. The maximum atomic E-state index is 2.59. The Labute approximate surface area is 338 Å². The number of aromatic nitrogens is 2. The molecule has 0 bridgehead atoms. The van der Waals surface area contributed by atoms with Gasteiger partial charge in [0.25, 0.3) is 0 Å². The van der Waals surface area contributed by atoms with Gasteiger partial charge in [0.1, 0.15) is 0 Å². The van der Waals surface area contributed by atoms with Crippen LogP contribution in [-0.4, -0.2) is 17.2 Å². The largest absolute Gasteiger partial charge is 0.309 e. The maximum absolute atomic E-state index is 2.90. The van der Waals surface area contributed by atoms with E-state index in [1.807, 2.05) is 0 Å². The number of benzene rings is 9. The van der Waals surface area contributed by atoms with Gasteiger partial charge in [-0.2, -0.15) is 0 Å². The standard InChI is InChI=1S/C55H38N2Si/c1-4-18-40(19-5-1)58(41-20-6-2-7-21-41,42-22-8-3-9-23-42)43-36-49-48-35-39(56-51-28-14-10-24-44(51)45-25-11-15-29-52(45)56)33-32-38(48)34-50(49)55(37-43)57-53-30-16-12-26-46(53)47-27-13-17-31-54(47)57/h1-33,35-37H,34H2. The van der Waals surface area contributed by atoms with E-state index in [0.717, 1.165) is 6.42 Å². The van der Waals surface area contributed by atoms with Gasteiger partial charge < -0.3 is 9.13 Å². The van der Waals surface area contributed by atoms with Gasteiger partial charge in [-0.05, 0) is 85.5 Å². The van der Waals surface area contributed by atoms with Crippen LogP contribution in [0.5, 0.6) is 0 Å². The molecule has 2 aromatic heterocycles. The molecule has 9 aromatic carbocycles. The van der Waals surface area contributed by atoms with Crippen LogP contribution in [0.1, 0.15) is 11.1 Å². The van der Waals surface area contributed by atoms with E-state index in [1.54, 1.807) is 0 Å². The minimum absolute atomic E-state index is 0.866. The maximum Gasteiger partial charge on any atom is 0.179 e. The fraction of sp³-hybridized carbons (Fsp3) is 0.0182. The van der Waals surface area contributed by atoms with Crippen molar-refractivity contribution in [2.45, 2.75) is 6.42 Å². The molecule has 2 heterocycles. The molecule has 0 N–H and O–H groups in total. The van der Waals surface area contributed by atoms with Gasteiger partial charge in [-0.3, -0.25) is 0 Å². The minimum Gasteiger partial charge on any atom is -0.309 e. The van der Waals surface area contributed by atoms with Crippen molar-refractivity contribution < 1.29 is 0 Å². The summed E-state index contributed by atoms with van der Waals surface area (Å²) in [5.41, 5.74) is 12.8. The fourth-order valence-electron chi connectivity index (χ4n) is 10.2. The van der Waals surface area contributed by atoms with Crippen LogP contribution < -0.4 is 20.7 Å². The van der Waals surface area contributed by atoms with Crippen LogP contribution in [0.4, 0.5) is 0 Å². The van der Waals surface area contributed by atoms with Crippen LogP contribution in [-0.2, 0) is 6.42 Å². The van der Waals surface area contributed by atoms with E-state index in [4.69, 9.17) is 0 Å². The van der Waals surface area contributed by atoms with Crippen molar-refractivity contribution in [3.63, 3.8) is 0 Å². The molecular formula is C55H38N2Si. The first kappa shape index (κ1) is 33.0. The van der Waals surface area contributed by atoms with Crippen molar-refractivity contribution in [1.82, 2.24) is 9.13 Å². The molecule has 1 aliphatic carbocycles. The highest BCUT2D eigenvalue weighted by atomic mass is 28.3. The summed E-state index contributed by atoms with van der Waals surface area (Å²) in [4.78, 5) is 0. The summed E-state index contributed by atoms with van der Waals surface area (Å²) in [7, 11) is -2.90. The zero-order valence-corrected chi connectivity index (χ0v) is 32.9. The lowest BCUT2D eigenvalue weighted by Gasteiger charge is -2.35. The molecule has 0 unspecified atom stereocenters. The third kappa shape index (κ3) is 4.71. The molecule has 272 valence electrons. The van der Waals surface area contributed by atoms with E-state index in [0.29, 0.717) is 0 Å². The lowest BCUT2D eigenvalue weighted by atomic mass is 10.0. The van der Waals surface area contributed by atoms with Crippen LogP contribution in [0, 0.1) is 0 Å². The molecule has 0 radical (unpaired) electrons. The number of para-hydroxylation sites is 4. The van der Waals surface area contributed by atoms with Gasteiger partial charge in [0.05, 0.1) is 27.8 Å². The molecule has 0 saturated heterocycles. The highest BCUT2D eigenvalue weighted by molar-refractivity contribution is 7.20. The topological polar surface area (TPSA) is 9.86 Å². The highest BCUT2D eigenvalue weighted by Crippen LogP contribution is 2.44. The Morgan fingerprint density at radius 3 is 1.21 bits per heavy atom. The Hall–Kier alpha value is -7.20. The van der Waals surface area contributed by atoms with E-state index in [9.17, 15) is 0 Å². The lowest BCUT2D eigenvalue weighted by molar-refractivity contribution is 1.12. The lowest BCUT2D eigenvalue weighted by Crippen LogP contribution is -2.74. The number of rotatable bonds is 6. The Kier molecular flexibility index (Phi) is 7.35. The predicted molar refractivity (Wildman–Crippen MR) is 247 cm³/mol. The smallest absolute Gasteiger partial charge is 0.179 e. The molecule has 0 saturated carbocycles. The van der Waals surface area contributed by atoms with Crippen LogP contribution >= 0.6 is 0 Å². The molecule has 11 aromatic rings. The Morgan fingerprint density at radius 1 is 0.328 bits per heavy atom. The van der Waals surface area contributed by atoms with Crippen molar-refractivity contribution in [3.8, 4) is 22.5 Å². The Bertz CT molecular complexity index is 3160. The molecule has 58 heavy (non-hydrogen) atoms. The zero-order valence-electron chi connectivity index (χ0n) is 31.9. The van der Waals surface area contributed by atoms with Gasteiger partial charge in [-0.15, -0.1) is 0 Å². The van der Waals surface area contributed by atoms with E-state index in [-0.39, 0.29) is 0 Å². The van der Waals surface area contributed by atoms with Gasteiger partial charge in [-0.1, -0.05) is 176 Å². The Balaban J connectivity index is 1.22. The molecule has 0 aliphatic heterocycles. The molecule has 3 heteroatoms. The minimum atomic E-state index is -2.90. The zero-order chi connectivity index (χ0) is 38.2. The highest BCUT2D eigenvalue weighted by Gasteiger charge is 2.43. The Morgan fingerprint density at radius 2 is 0.741 bits per heavy atom.